The van der Waals surface area contributed by atoms with Crippen LogP contribution >= 0.6 is 0 Å². The van der Waals surface area contributed by atoms with E-state index < -0.39 is 0 Å². The molecular weight excluding hydrogens is 284 g/mol. The highest BCUT2D eigenvalue weighted by atomic mass is 16.3. The molecule has 4 atom stereocenters. The number of allylic oxidation sites excluding steroid dienone is 4. The lowest BCUT2D eigenvalue weighted by Crippen LogP contribution is -2.33. The first-order valence-electron chi connectivity index (χ1n) is 9.41. The molecule has 0 radical (unpaired) electrons. The van der Waals surface area contributed by atoms with Crippen LogP contribution in [0.2, 0.25) is 0 Å². The summed E-state index contributed by atoms with van der Waals surface area (Å²) >= 11 is 0. The Morgan fingerprint density at radius 2 is 2.04 bits per heavy atom. The van der Waals surface area contributed by atoms with E-state index in [1.54, 1.807) is 5.57 Å². The summed E-state index contributed by atoms with van der Waals surface area (Å²) in [4.78, 5) is 0. The fourth-order valence-corrected chi connectivity index (χ4v) is 5.37. The van der Waals surface area contributed by atoms with Crippen molar-refractivity contribution in [3.63, 3.8) is 0 Å². The first-order chi connectivity index (χ1) is 11.0. The van der Waals surface area contributed by atoms with Crippen molar-refractivity contribution < 1.29 is 10.2 Å². The van der Waals surface area contributed by atoms with Gasteiger partial charge in [-0.2, -0.15) is 0 Å². The van der Waals surface area contributed by atoms with E-state index in [2.05, 4.69) is 25.7 Å². The maximum absolute atomic E-state index is 9.89. The van der Waals surface area contributed by atoms with E-state index in [4.69, 9.17) is 0 Å². The molecule has 0 unspecified atom stereocenters. The lowest BCUT2D eigenvalue weighted by Gasteiger charge is -2.42. The minimum absolute atomic E-state index is 0.192. The van der Waals surface area contributed by atoms with Crippen molar-refractivity contribution in [1.29, 1.82) is 0 Å². The molecule has 0 spiro atoms. The number of hydrogen-bond acceptors (Lipinski definition) is 2. The summed E-state index contributed by atoms with van der Waals surface area (Å²) in [6, 6.07) is 0. The molecule has 2 N–H and O–H groups in total. The molecule has 0 amide bonds. The van der Waals surface area contributed by atoms with E-state index >= 15 is 0 Å². The van der Waals surface area contributed by atoms with Gasteiger partial charge in [0.15, 0.2) is 0 Å². The highest BCUT2D eigenvalue weighted by molar-refractivity contribution is 5.36. The first-order valence-corrected chi connectivity index (χ1v) is 9.41. The van der Waals surface area contributed by atoms with Crippen LogP contribution < -0.4 is 0 Å². The van der Waals surface area contributed by atoms with Crippen molar-refractivity contribution in [2.45, 2.75) is 70.8 Å². The summed E-state index contributed by atoms with van der Waals surface area (Å²) in [6.07, 6.45) is 14.2. The second kappa shape index (κ2) is 6.94. The normalized spacial score (nSPS) is 41.5. The van der Waals surface area contributed by atoms with Crippen LogP contribution in [0.1, 0.15) is 64.7 Å². The van der Waals surface area contributed by atoms with Crippen LogP contribution in [0, 0.1) is 17.3 Å². The van der Waals surface area contributed by atoms with E-state index in [9.17, 15) is 10.2 Å². The molecule has 0 saturated heterocycles. The monoisotopic (exact) mass is 316 g/mol. The first kappa shape index (κ1) is 17.0. The third kappa shape index (κ3) is 3.34. The average molecular weight is 316 g/mol. The third-order valence-electron chi connectivity index (χ3n) is 6.83. The summed E-state index contributed by atoms with van der Waals surface area (Å²) < 4.78 is 0. The predicted octanol–water partition coefficient (Wildman–Crippen LogP) is 4.54. The van der Waals surface area contributed by atoms with Crippen LogP contribution in [0.3, 0.4) is 0 Å². The standard InChI is InChI=1S/C21H32O2/c1-15-5-9-19(23)14-17(15)7-6-16-4-3-12-21(2)18(11-13-22)8-10-20(16)21/h6-7,18-20,22-23H,1,3-5,8-14H2,2H3/t18-,19-,20+,21-/m1/s1. The molecule has 23 heavy (non-hydrogen) atoms. The number of hydrogen-bond donors (Lipinski definition) is 2. The van der Waals surface area contributed by atoms with Gasteiger partial charge in [0.25, 0.3) is 0 Å². The van der Waals surface area contributed by atoms with Crippen molar-refractivity contribution in [3.05, 3.63) is 35.5 Å². The van der Waals surface area contributed by atoms with Crippen molar-refractivity contribution in [3.8, 4) is 0 Å². The molecule has 3 rings (SSSR count). The molecule has 0 aliphatic heterocycles. The van der Waals surface area contributed by atoms with Gasteiger partial charge in [-0.15, -0.1) is 0 Å². The Morgan fingerprint density at radius 3 is 2.83 bits per heavy atom. The second-order valence-electron chi connectivity index (χ2n) is 8.13. The maximum atomic E-state index is 9.89. The second-order valence-corrected chi connectivity index (χ2v) is 8.13. The van der Waals surface area contributed by atoms with E-state index in [0.717, 1.165) is 25.7 Å². The molecule has 2 heteroatoms. The Hall–Kier alpha value is -0.860. The van der Waals surface area contributed by atoms with E-state index in [-0.39, 0.29) is 6.10 Å². The quantitative estimate of drug-likeness (QED) is 0.802. The van der Waals surface area contributed by atoms with Gasteiger partial charge in [0.05, 0.1) is 6.10 Å². The number of rotatable bonds is 3. The van der Waals surface area contributed by atoms with Crippen molar-refractivity contribution >= 4 is 0 Å². The van der Waals surface area contributed by atoms with E-state index in [0.29, 0.717) is 23.9 Å². The smallest absolute Gasteiger partial charge is 0.0583 e. The fourth-order valence-electron chi connectivity index (χ4n) is 5.37. The molecule has 0 bridgehead atoms. The Morgan fingerprint density at radius 1 is 1.22 bits per heavy atom. The highest BCUT2D eigenvalue weighted by Gasteiger charge is 2.48. The zero-order valence-corrected chi connectivity index (χ0v) is 14.6. The van der Waals surface area contributed by atoms with Gasteiger partial charge >= 0.3 is 0 Å². The molecule has 0 aromatic carbocycles. The molecule has 0 heterocycles. The average Bonchev–Trinajstić information content (AvgIpc) is 2.86. The molecule has 0 aromatic rings. The third-order valence-corrected chi connectivity index (χ3v) is 6.83. The molecule has 3 aliphatic rings. The molecule has 0 aromatic heterocycles. The van der Waals surface area contributed by atoms with Gasteiger partial charge < -0.3 is 10.2 Å². The van der Waals surface area contributed by atoms with Crippen LogP contribution in [0.5, 0.6) is 0 Å². The largest absolute Gasteiger partial charge is 0.396 e. The fraction of sp³-hybridized carbons (Fsp3) is 0.714. The Kier molecular flexibility index (Phi) is 5.13. The number of fused-ring (bicyclic) bond motifs is 1. The summed E-state index contributed by atoms with van der Waals surface area (Å²) in [5.41, 5.74) is 4.43. The lowest BCUT2D eigenvalue weighted by molar-refractivity contribution is 0.111. The molecular formula is C21H32O2. The summed E-state index contributed by atoms with van der Waals surface area (Å²) in [7, 11) is 0. The Bertz CT molecular complexity index is 516. The number of aliphatic hydroxyl groups excluding tert-OH is 2. The van der Waals surface area contributed by atoms with Gasteiger partial charge in [-0.25, -0.2) is 0 Å². The molecule has 3 fully saturated rings. The molecule has 2 nitrogen and oxygen atoms in total. The van der Waals surface area contributed by atoms with Crippen LogP contribution in [0.25, 0.3) is 0 Å². The Balaban J connectivity index is 1.79. The van der Waals surface area contributed by atoms with Crippen molar-refractivity contribution in [1.82, 2.24) is 0 Å². The highest BCUT2D eigenvalue weighted by Crippen LogP contribution is 2.58. The minimum Gasteiger partial charge on any atom is -0.396 e. The topological polar surface area (TPSA) is 40.5 Å². The van der Waals surface area contributed by atoms with Crippen molar-refractivity contribution in [2.24, 2.45) is 17.3 Å². The Labute approximate surface area is 141 Å². The zero-order valence-electron chi connectivity index (χ0n) is 14.6. The molecule has 128 valence electrons. The van der Waals surface area contributed by atoms with E-state index in [1.165, 1.54) is 43.3 Å². The summed E-state index contributed by atoms with van der Waals surface area (Å²) in [5.74, 6) is 1.37. The van der Waals surface area contributed by atoms with E-state index in [1.807, 2.05) is 0 Å². The van der Waals surface area contributed by atoms with Gasteiger partial charge in [-0.3, -0.25) is 0 Å². The minimum atomic E-state index is -0.192. The van der Waals surface area contributed by atoms with Gasteiger partial charge in [0.2, 0.25) is 0 Å². The SMILES string of the molecule is C=C1CC[C@@H](O)CC1=CC=C1CCC[C@]2(C)[C@@H](CCO)CC[C@@H]12. The summed E-state index contributed by atoms with van der Waals surface area (Å²) in [6.45, 7) is 6.95. The maximum Gasteiger partial charge on any atom is 0.0583 e. The lowest BCUT2D eigenvalue weighted by atomic mass is 9.63. The van der Waals surface area contributed by atoms with Gasteiger partial charge in [0.1, 0.15) is 0 Å². The van der Waals surface area contributed by atoms with Gasteiger partial charge in [0, 0.05) is 6.61 Å². The zero-order chi connectivity index (χ0) is 16.4. The van der Waals surface area contributed by atoms with Crippen LogP contribution in [-0.4, -0.2) is 22.9 Å². The number of aliphatic hydroxyl groups is 2. The molecule has 3 saturated carbocycles. The van der Waals surface area contributed by atoms with Crippen LogP contribution in [-0.2, 0) is 0 Å². The van der Waals surface area contributed by atoms with Gasteiger partial charge in [-0.05, 0) is 80.6 Å². The predicted molar refractivity (Wildman–Crippen MR) is 95.0 cm³/mol. The van der Waals surface area contributed by atoms with Crippen LogP contribution in [0.15, 0.2) is 35.5 Å². The van der Waals surface area contributed by atoms with Crippen molar-refractivity contribution in [2.75, 3.05) is 6.61 Å². The molecule has 3 aliphatic carbocycles. The van der Waals surface area contributed by atoms with Crippen LogP contribution in [0.4, 0.5) is 0 Å². The summed E-state index contributed by atoms with van der Waals surface area (Å²) in [5, 5.41) is 19.3. The van der Waals surface area contributed by atoms with Gasteiger partial charge in [-0.1, -0.05) is 36.8 Å².